The minimum atomic E-state index is -0.687. The van der Waals surface area contributed by atoms with Crippen molar-refractivity contribution in [3.05, 3.63) is 27.6 Å². The van der Waals surface area contributed by atoms with E-state index in [1.165, 1.54) is 0 Å². The molecule has 2 heterocycles. The van der Waals surface area contributed by atoms with Crippen molar-refractivity contribution in [2.75, 3.05) is 6.54 Å². The SMILES string of the molecule is Cc1cc(C2CCCN2C(=O)C2CC2[N+](=O)[O-])no1. The molecule has 2 aliphatic rings. The first-order chi connectivity index (χ1) is 9.08. The molecular formula is C12H15N3O4. The molecule has 3 rings (SSSR count). The Labute approximate surface area is 109 Å². The van der Waals surface area contributed by atoms with Crippen molar-refractivity contribution in [2.45, 2.75) is 38.3 Å². The van der Waals surface area contributed by atoms with Crippen LogP contribution in [-0.2, 0) is 4.79 Å². The summed E-state index contributed by atoms with van der Waals surface area (Å²) in [4.78, 5) is 24.3. The minimum Gasteiger partial charge on any atom is -0.361 e. The van der Waals surface area contributed by atoms with Crippen molar-refractivity contribution >= 4 is 5.91 Å². The van der Waals surface area contributed by atoms with Crippen molar-refractivity contribution in [1.29, 1.82) is 0 Å². The van der Waals surface area contributed by atoms with Crippen molar-refractivity contribution in [1.82, 2.24) is 10.1 Å². The fraction of sp³-hybridized carbons (Fsp3) is 0.667. The first kappa shape index (κ1) is 12.1. The van der Waals surface area contributed by atoms with E-state index in [2.05, 4.69) is 5.16 Å². The number of amides is 1. The molecule has 0 aromatic carbocycles. The summed E-state index contributed by atoms with van der Waals surface area (Å²) in [6.07, 6.45) is 2.11. The van der Waals surface area contributed by atoms with Gasteiger partial charge < -0.3 is 9.42 Å². The maximum absolute atomic E-state index is 12.3. The first-order valence-electron chi connectivity index (χ1n) is 6.45. The molecule has 7 heteroatoms. The van der Waals surface area contributed by atoms with Crippen LogP contribution in [0.3, 0.4) is 0 Å². The highest BCUT2D eigenvalue weighted by atomic mass is 16.6. The van der Waals surface area contributed by atoms with Gasteiger partial charge in [0.05, 0.1) is 6.04 Å². The highest BCUT2D eigenvalue weighted by molar-refractivity contribution is 5.82. The zero-order valence-electron chi connectivity index (χ0n) is 10.6. The monoisotopic (exact) mass is 265 g/mol. The Hall–Kier alpha value is -1.92. The predicted molar refractivity (Wildman–Crippen MR) is 63.8 cm³/mol. The number of aryl methyl sites for hydroxylation is 1. The first-order valence-corrected chi connectivity index (χ1v) is 6.45. The summed E-state index contributed by atoms with van der Waals surface area (Å²) in [7, 11) is 0. The van der Waals surface area contributed by atoms with E-state index in [4.69, 9.17) is 4.52 Å². The van der Waals surface area contributed by atoms with Gasteiger partial charge in [0, 0.05) is 24.0 Å². The van der Waals surface area contributed by atoms with Gasteiger partial charge in [-0.25, -0.2) is 0 Å². The van der Waals surface area contributed by atoms with Crippen LogP contribution in [0.5, 0.6) is 0 Å². The number of aromatic nitrogens is 1. The number of rotatable bonds is 3. The molecule has 1 saturated heterocycles. The minimum absolute atomic E-state index is 0.0852. The zero-order chi connectivity index (χ0) is 13.6. The van der Waals surface area contributed by atoms with E-state index in [1.807, 2.05) is 6.07 Å². The topological polar surface area (TPSA) is 89.5 Å². The summed E-state index contributed by atoms with van der Waals surface area (Å²) < 4.78 is 5.04. The summed E-state index contributed by atoms with van der Waals surface area (Å²) >= 11 is 0. The van der Waals surface area contributed by atoms with E-state index in [0.29, 0.717) is 18.7 Å². The molecule has 7 nitrogen and oxygen atoms in total. The van der Waals surface area contributed by atoms with Crippen LogP contribution < -0.4 is 0 Å². The van der Waals surface area contributed by atoms with Crippen molar-refractivity contribution < 1.29 is 14.2 Å². The van der Waals surface area contributed by atoms with Crippen molar-refractivity contribution in [2.24, 2.45) is 5.92 Å². The van der Waals surface area contributed by atoms with Crippen LogP contribution in [0.2, 0.25) is 0 Å². The number of likely N-dealkylation sites (tertiary alicyclic amines) is 1. The Bertz CT molecular complexity index is 527. The lowest BCUT2D eigenvalue weighted by Crippen LogP contribution is -2.33. The third kappa shape index (κ3) is 2.09. The molecule has 1 aromatic heterocycles. The average molecular weight is 265 g/mol. The van der Waals surface area contributed by atoms with Gasteiger partial charge in [0.2, 0.25) is 11.9 Å². The van der Waals surface area contributed by atoms with Gasteiger partial charge in [-0.1, -0.05) is 5.16 Å². The molecule has 2 fully saturated rings. The normalized spacial score (nSPS) is 29.5. The smallest absolute Gasteiger partial charge is 0.233 e. The molecule has 102 valence electrons. The lowest BCUT2D eigenvalue weighted by molar-refractivity contribution is -0.497. The molecule has 1 aliphatic heterocycles. The summed E-state index contributed by atoms with van der Waals surface area (Å²) in [6, 6.07) is 1.06. The Kier molecular flexibility index (Phi) is 2.76. The van der Waals surface area contributed by atoms with E-state index in [-0.39, 0.29) is 16.9 Å². The second kappa shape index (κ2) is 4.32. The van der Waals surface area contributed by atoms with Gasteiger partial charge >= 0.3 is 0 Å². The Balaban J connectivity index is 1.73. The zero-order valence-corrected chi connectivity index (χ0v) is 10.6. The Morgan fingerprint density at radius 2 is 2.42 bits per heavy atom. The van der Waals surface area contributed by atoms with Gasteiger partial charge in [-0.05, 0) is 19.8 Å². The summed E-state index contributed by atoms with van der Waals surface area (Å²) in [6.45, 7) is 2.46. The molecule has 0 N–H and O–H groups in total. The quantitative estimate of drug-likeness (QED) is 0.607. The predicted octanol–water partition coefficient (Wildman–Crippen LogP) is 1.31. The number of nitrogens with zero attached hydrogens (tertiary/aromatic N) is 3. The third-order valence-electron chi connectivity index (χ3n) is 3.87. The third-order valence-corrected chi connectivity index (χ3v) is 3.87. The molecule has 1 saturated carbocycles. The lowest BCUT2D eigenvalue weighted by Gasteiger charge is -2.22. The molecule has 0 spiro atoms. The molecule has 0 radical (unpaired) electrons. The molecular weight excluding hydrogens is 250 g/mol. The fourth-order valence-electron chi connectivity index (χ4n) is 2.77. The Morgan fingerprint density at radius 1 is 1.63 bits per heavy atom. The standard InChI is InChI=1S/C12H15N3O4/c1-7-5-9(13-19-7)10-3-2-4-14(10)12(16)8-6-11(8)15(17)18/h5,8,10-11H,2-4,6H2,1H3. The van der Waals surface area contributed by atoms with Crippen molar-refractivity contribution in [3.63, 3.8) is 0 Å². The largest absolute Gasteiger partial charge is 0.361 e. The summed E-state index contributed by atoms with van der Waals surface area (Å²) in [5.74, 6) is 0.164. The number of carbonyl (C=O) groups excluding carboxylic acids is 1. The van der Waals surface area contributed by atoms with E-state index in [9.17, 15) is 14.9 Å². The number of carbonyl (C=O) groups is 1. The van der Waals surface area contributed by atoms with E-state index in [1.54, 1.807) is 11.8 Å². The van der Waals surface area contributed by atoms with Crippen LogP contribution in [-0.4, -0.2) is 33.5 Å². The van der Waals surface area contributed by atoms with Gasteiger partial charge in [0.1, 0.15) is 17.4 Å². The molecule has 3 unspecified atom stereocenters. The van der Waals surface area contributed by atoms with Gasteiger partial charge in [-0.2, -0.15) is 0 Å². The van der Waals surface area contributed by atoms with Crippen LogP contribution in [0, 0.1) is 23.0 Å². The summed E-state index contributed by atoms with van der Waals surface area (Å²) in [5, 5.41) is 14.6. The van der Waals surface area contributed by atoms with Gasteiger partial charge in [-0.15, -0.1) is 0 Å². The van der Waals surface area contributed by atoms with Gasteiger partial charge in [0.15, 0.2) is 0 Å². The lowest BCUT2D eigenvalue weighted by atomic mass is 10.1. The van der Waals surface area contributed by atoms with Crippen molar-refractivity contribution in [3.8, 4) is 0 Å². The maximum Gasteiger partial charge on any atom is 0.233 e. The highest BCUT2D eigenvalue weighted by Crippen LogP contribution is 2.40. The summed E-state index contributed by atoms with van der Waals surface area (Å²) in [5.41, 5.74) is 0.752. The second-order valence-corrected chi connectivity index (χ2v) is 5.25. The van der Waals surface area contributed by atoms with Crippen LogP contribution in [0.4, 0.5) is 0 Å². The number of hydrogen-bond acceptors (Lipinski definition) is 5. The number of nitro groups is 1. The van der Waals surface area contributed by atoms with E-state index < -0.39 is 12.0 Å². The van der Waals surface area contributed by atoms with E-state index >= 15 is 0 Å². The van der Waals surface area contributed by atoms with Gasteiger partial charge in [-0.3, -0.25) is 14.9 Å². The molecule has 0 bridgehead atoms. The van der Waals surface area contributed by atoms with Crippen LogP contribution in [0.25, 0.3) is 0 Å². The fourth-order valence-corrected chi connectivity index (χ4v) is 2.77. The molecule has 1 aromatic rings. The van der Waals surface area contributed by atoms with Crippen LogP contribution in [0.15, 0.2) is 10.6 Å². The van der Waals surface area contributed by atoms with Crippen LogP contribution >= 0.6 is 0 Å². The average Bonchev–Trinajstić information content (AvgIpc) is 2.82. The molecule has 1 aliphatic carbocycles. The second-order valence-electron chi connectivity index (χ2n) is 5.25. The van der Waals surface area contributed by atoms with E-state index in [0.717, 1.165) is 18.5 Å². The maximum atomic E-state index is 12.3. The number of hydrogen-bond donors (Lipinski definition) is 0. The Morgan fingerprint density at radius 3 is 3.00 bits per heavy atom. The highest BCUT2D eigenvalue weighted by Gasteiger charge is 2.55. The molecule has 3 atom stereocenters. The van der Waals surface area contributed by atoms with Gasteiger partial charge in [0.25, 0.3) is 0 Å². The van der Waals surface area contributed by atoms with Crippen LogP contribution in [0.1, 0.15) is 36.8 Å². The molecule has 19 heavy (non-hydrogen) atoms. The molecule has 1 amide bonds.